The lowest BCUT2D eigenvalue weighted by molar-refractivity contribution is 0.263. The van der Waals surface area contributed by atoms with Gasteiger partial charge < -0.3 is 14.8 Å². The molecule has 118 valence electrons. The van der Waals surface area contributed by atoms with Crippen LogP contribution in [0, 0.1) is 0 Å². The van der Waals surface area contributed by atoms with E-state index in [1.165, 1.54) is 38.5 Å². The van der Waals surface area contributed by atoms with E-state index in [1.54, 1.807) is 0 Å². The highest BCUT2D eigenvalue weighted by molar-refractivity contribution is 5.39. The minimum Gasteiger partial charge on any atom is -0.490 e. The van der Waals surface area contributed by atoms with Crippen molar-refractivity contribution in [3.05, 3.63) is 24.3 Å². The molecule has 1 aliphatic carbocycles. The van der Waals surface area contributed by atoms with Gasteiger partial charge in [0.15, 0.2) is 11.5 Å². The summed E-state index contributed by atoms with van der Waals surface area (Å²) in [6.45, 7) is 4.45. The Morgan fingerprint density at radius 3 is 2.19 bits per heavy atom. The Bertz CT molecular complexity index is 387. The maximum Gasteiger partial charge on any atom is 0.161 e. The molecule has 21 heavy (non-hydrogen) atoms. The molecule has 0 heterocycles. The molecule has 0 radical (unpaired) electrons. The fourth-order valence-electron chi connectivity index (χ4n) is 2.81. The summed E-state index contributed by atoms with van der Waals surface area (Å²) < 4.78 is 11.6. The van der Waals surface area contributed by atoms with Crippen LogP contribution in [0.15, 0.2) is 24.3 Å². The molecule has 0 aromatic heterocycles. The normalized spacial score (nSPS) is 16.4. The summed E-state index contributed by atoms with van der Waals surface area (Å²) in [5.41, 5.74) is 0. The molecule has 0 saturated heterocycles. The molecule has 0 aliphatic heterocycles. The molecule has 0 unspecified atom stereocenters. The Balaban J connectivity index is 1.70. The standard InChI is InChI=1S/C18H29NO2/c1-2-14-20-17-11-7-8-12-18(17)21-15-13-19-16-9-5-3-4-6-10-16/h7-8,11-12,16,19H,2-6,9-10,13-15H2,1H3. The Morgan fingerprint density at radius 1 is 0.952 bits per heavy atom. The first-order valence-electron chi connectivity index (χ1n) is 8.48. The van der Waals surface area contributed by atoms with Crippen LogP contribution in [0.5, 0.6) is 11.5 Å². The predicted octanol–water partition coefficient (Wildman–Crippen LogP) is 4.17. The van der Waals surface area contributed by atoms with Crippen LogP contribution in [0.25, 0.3) is 0 Å². The van der Waals surface area contributed by atoms with Crippen molar-refractivity contribution in [2.24, 2.45) is 0 Å². The van der Waals surface area contributed by atoms with Gasteiger partial charge in [-0.15, -0.1) is 0 Å². The van der Waals surface area contributed by atoms with Gasteiger partial charge in [0, 0.05) is 12.6 Å². The summed E-state index contributed by atoms with van der Waals surface area (Å²) in [5.74, 6) is 1.71. The van der Waals surface area contributed by atoms with Gasteiger partial charge in [0.05, 0.1) is 6.61 Å². The number of ether oxygens (including phenoxy) is 2. The molecule has 1 saturated carbocycles. The number of hydrogen-bond acceptors (Lipinski definition) is 3. The van der Waals surface area contributed by atoms with Crippen molar-refractivity contribution < 1.29 is 9.47 Å². The molecule has 0 amide bonds. The van der Waals surface area contributed by atoms with Crippen molar-refractivity contribution in [2.75, 3.05) is 19.8 Å². The Labute approximate surface area is 129 Å². The number of hydrogen-bond donors (Lipinski definition) is 1. The van der Waals surface area contributed by atoms with Crippen molar-refractivity contribution in [1.82, 2.24) is 5.32 Å². The van der Waals surface area contributed by atoms with Gasteiger partial charge in [-0.3, -0.25) is 0 Å². The molecule has 1 aromatic carbocycles. The van der Waals surface area contributed by atoms with Gasteiger partial charge in [-0.25, -0.2) is 0 Å². The molecule has 1 aliphatic rings. The lowest BCUT2D eigenvalue weighted by Gasteiger charge is -2.17. The maximum absolute atomic E-state index is 5.87. The molecular formula is C18H29NO2. The van der Waals surface area contributed by atoms with Crippen LogP contribution in [0.1, 0.15) is 51.9 Å². The monoisotopic (exact) mass is 291 g/mol. The van der Waals surface area contributed by atoms with E-state index in [-0.39, 0.29) is 0 Å². The van der Waals surface area contributed by atoms with Crippen molar-refractivity contribution in [3.8, 4) is 11.5 Å². The van der Waals surface area contributed by atoms with Gasteiger partial charge in [-0.05, 0) is 31.4 Å². The van der Waals surface area contributed by atoms with E-state index < -0.39 is 0 Å². The zero-order valence-electron chi connectivity index (χ0n) is 13.3. The average Bonchev–Trinajstić information content (AvgIpc) is 2.79. The zero-order valence-corrected chi connectivity index (χ0v) is 13.3. The van der Waals surface area contributed by atoms with Crippen LogP contribution in [-0.2, 0) is 0 Å². The summed E-state index contributed by atoms with van der Waals surface area (Å²) in [7, 11) is 0. The Kier molecular flexibility index (Phi) is 7.44. The predicted molar refractivity (Wildman–Crippen MR) is 87.2 cm³/mol. The van der Waals surface area contributed by atoms with Crippen LogP contribution >= 0.6 is 0 Å². The van der Waals surface area contributed by atoms with Gasteiger partial charge in [-0.2, -0.15) is 0 Å². The number of para-hydroxylation sites is 2. The van der Waals surface area contributed by atoms with Gasteiger partial charge in [0.1, 0.15) is 6.61 Å². The molecule has 3 nitrogen and oxygen atoms in total. The molecule has 0 spiro atoms. The first kappa shape index (κ1) is 16.2. The fourth-order valence-corrected chi connectivity index (χ4v) is 2.81. The van der Waals surface area contributed by atoms with Gasteiger partial charge >= 0.3 is 0 Å². The van der Waals surface area contributed by atoms with Crippen molar-refractivity contribution in [2.45, 2.75) is 57.9 Å². The van der Waals surface area contributed by atoms with Crippen LogP contribution in [-0.4, -0.2) is 25.8 Å². The summed E-state index contributed by atoms with van der Waals surface area (Å²) in [6.07, 6.45) is 9.18. The highest BCUT2D eigenvalue weighted by Gasteiger charge is 2.11. The van der Waals surface area contributed by atoms with Crippen LogP contribution in [0.4, 0.5) is 0 Å². The summed E-state index contributed by atoms with van der Waals surface area (Å²) in [6, 6.07) is 8.62. The smallest absolute Gasteiger partial charge is 0.161 e. The van der Waals surface area contributed by atoms with Crippen LogP contribution in [0.3, 0.4) is 0 Å². The quantitative estimate of drug-likeness (QED) is 0.576. The minimum atomic E-state index is 0.683. The van der Waals surface area contributed by atoms with E-state index in [0.717, 1.165) is 31.1 Å². The van der Waals surface area contributed by atoms with Gasteiger partial charge in [-0.1, -0.05) is 44.7 Å². The van der Waals surface area contributed by atoms with E-state index in [4.69, 9.17) is 9.47 Å². The zero-order chi connectivity index (χ0) is 14.8. The number of nitrogens with one attached hydrogen (secondary N) is 1. The van der Waals surface area contributed by atoms with Crippen molar-refractivity contribution in [1.29, 1.82) is 0 Å². The molecular weight excluding hydrogens is 262 g/mol. The summed E-state index contributed by atoms with van der Waals surface area (Å²) in [5, 5.41) is 3.63. The molecule has 1 fully saturated rings. The first-order valence-corrected chi connectivity index (χ1v) is 8.48. The second-order valence-electron chi connectivity index (χ2n) is 5.79. The van der Waals surface area contributed by atoms with Gasteiger partial charge in [0.25, 0.3) is 0 Å². The van der Waals surface area contributed by atoms with Crippen LogP contribution in [0.2, 0.25) is 0 Å². The van der Waals surface area contributed by atoms with E-state index in [1.807, 2.05) is 24.3 Å². The third-order valence-corrected chi connectivity index (χ3v) is 3.96. The largest absolute Gasteiger partial charge is 0.490 e. The molecule has 0 atom stereocenters. The summed E-state index contributed by atoms with van der Waals surface area (Å²) >= 11 is 0. The lowest BCUT2D eigenvalue weighted by atomic mass is 10.1. The molecule has 1 aromatic rings. The summed E-state index contributed by atoms with van der Waals surface area (Å²) in [4.78, 5) is 0. The number of rotatable bonds is 8. The maximum atomic E-state index is 5.87. The molecule has 0 bridgehead atoms. The third-order valence-electron chi connectivity index (χ3n) is 3.96. The van der Waals surface area contributed by atoms with E-state index >= 15 is 0 Å². The molecule has 2 rings (SSSR count). The second-order valence-corrected chi connectivity index (χ2v) is 5.79. The third kappa shape index (κ3) is 5.96. The first-order chi connectivity index (χ1) is 10.4. The van der Waals surface area contributed by atoms with E-state index in [2.05, 4.69) is 12.2 Å². The number of benzene rings is 1. The van der Waals surface area contributed by atoms with Crippen molar-refractivity contribution in [3.63, 3.8) is 0 Å². The van der Waals surface area contributed by atoms with Gasteiger partial charge in [0.2, 0.25) is 0 Å². The average molecular weight is 291 g/mol. The Hall–Kier alpha value is -1.22. The van der Waals surface area contributed by atoms with Crippen molar-refractivity contribution >= 4 is 0 Å². The highest BCUT2D eigenvalue weighted by Crippen LogP contribution is 2.26. The molecule has 1 N–H and O–H groups in total. The second kappa shape index (κ2) is 9.67. The van der Waals surface area contributed by atoms with Crippen LogP contribution < -0.4 is 14.8 Å². The topological polar surface area (TPSA) is 30.5 Å². The minimum absolute atomic E-state index is 0.683. The van der Waals surface area contributed by atoms with E-state index in [0.29, 0.717) is 12.6 Å². The SMILES string of the molecule is CCCOc1ccccc1OCCNC1CCCCCC1. The lowest BCUT2D eigenvalue weighted by Crippen LogP contribution is -2.32. The highest BCUT2D eigenvalue weighted by atomic mass is 16.5. The van der Waals surface area contributed by atoms with E-state index in [9.17, 15) is 0 Å². The molecule has 3 heteroatoms. The Morgan fingerprint density at radius 2 is 1.57 bits per heavy atom. The fraction of sp³-hybridized carbons (Fsp3) is 0.667.